The molecule has 0 spiro atoms. The number of nitriles is 1. The van der Waals surface area contributed by atoms with Crippen LogP contribution in [0.15, 0.2) is 36.7 Å². The molecule has 1 atom stereocenters. The summed E-state index contributed by atoms with van der Waals surface area (Å²) in [5.74, 6) is -0.473. The summed E-state index contributed by atoms with van der Waals surface area (Å²) < 4.78 is 15.8. The number of benzene rings is 1. The van der Waals surface area contributed by atoms with Crippen molar-refractivity contribution in [1.82, 2.24) is 4.57 Å². The van der Waals surface area contributed by atoms with Gasteiger partial charge >= 0.3 is 0 Å². The van der Waals surface area contributed by atoms with Crippen molar-refractivity contribution in [2.45, 2.75) is 32.4 Å². The van der Waals surface area contributed by atoms with Crippen LogP contribution in [0.5, 0.6) is 0 Å². The molecule has 1 aromatic carbocycles. The van der Waals surface area contributed by atoms with E-state index in [0.717, 1.165) is 12.0 Å². The average Bonchev–Trinajstić information content (AvgIpc) is 2.90. The Morgan fingerprint density at radius 3 is 2.90 bits per heavy atom. The van der Waals surface area contributed by atoms with E-state index in [-0.39, 0.29) is 5.56 Å². The van der Waals surface area contributed by atoms with Crippen LogP contribution in [0, 0.1) is 17.1 Å². The van der Waals surface area contributed by atoms with Gasteiger partial charge in [-0.05, 0) is 24.1 Å². The van der Waals surface area contributed by atoms with Crippen LogP contribution in [0.1, 0.15) is 42.6 Å². The molecule has 0 amide bonds. The van der Waals surface area contributed by atoms with Crippen LogP contribution >= 0.6 is 0 Å². The van der Waals surface area contributed by atoms with Crippen molar-refractivity contribution in [3.8, 4) is 6.07 Å². The van der Waals surface area contributed by atoms with E-state index in [0.29, 0.717) is 18.5 Å². The molecule has 1 unspecified atom stereocenters. The molecule has 1 aromatic heterocycles. The third-order valence-corrected chi connectivity index (χ3v) is 3.27. The molecule has 2 aromatic rings. The highest BCUT2D eigenvalue weighted by atomic mass is 19.1. The van der Waals surface area contributed by atoms with Gasteiger partial charge in [0, 0.05) is 24.5 Å². The Balaban J connectivity index is 2.17. The molecule has 104 valence electrons. The van der Waals surface area contributed by atoms with Gasteiger partial charge in [0.2, 0.25) is 0 Å². The quantitative estimate of drug-likeness (QED) is 0.907. The summed E-state index contributed by atoms with van der Waals surface area (Å²) in [6.07, 6.45) is 4.77. The first kappa shape index (κ1) is 14.3. The maximum atomic E-state index is 14.0. The van der Waals surface area contributed by atoms with Gasteiger partial charge in [0.25, 0.3) is 0 Å². The number of nitrogens with zero attached hydrogens (tertiary/aromatic N) is 2. The lowest BCUT2D eigenvalue weighted by Crippen LogP contribution is -2.01. The first-order valence-electron chi connectivity index (χ1n) is 6.67. The number of hydrogen-bond acceptors (Lipinski definition) is 2. The van der Waals surface area contributed by atoms with Crippen molar-refractivity contribution < 1.29 is 9.50 Å². The van der Waals surface area contributed by atoms with Crippen LogP contribution in [0.3, 0.4) is 0 Å². The first-order chi connectivity index (χ1) is 9.65. The van der Waals surface area contributed by atoms with Gasteiger partial charge in [-0.2, -0.15) is 5.26 Å². The number of hydrogen-bond donors (Lipinski definition) is 1. The van der Waals surface area contributed by atoms with Gasteiger partial charge in [-0.25, -0.2) is 4.39 Å². The highest BCUT2D eigenvalue weighted by molar-refractivity contribution is 5.35. The predicted molar refractivity (Wildman–Crippen MR) is 74.5 cm³/mol. The van der Waals surface area contributed by atoms with Crippen molar-refractivity contribution >= 4 is 0 Å². The van der Waals surface area contributed by atoms with Crippen molar-refractivity contribution in [2.24, 2.45) is 0 Å². The SMILES string of the molecule is CCCC(O)c1ccn(Cc2cccc(C#N)c2F)c1. The molecule has 20 heavy (non-hydrogen) atoms. The largest absolute Gasteiger partial charge is 0.388 e. The van der Waals surface area contributed by atoms with Gasteiger partial charge in [-0.3, -0.25) is 0 Å². The van der Waals surface area contributed by atoms with E-state index in [1.54, 1.807) is 12.1 Å². The maximum Gasteiger partial charge on any atom is 0.145 e. The van der Waals surface area contributed by atoms with Crippen LogP contribution < -0.4 is 0 Å². The van der Waals surface area contributed by atoms with Crippen LogP contribution in [-0.4, -0.2) is 9.67 Å². The lowest BCUT2D eigenvalue weighted by Gasteiger charge is -2.07. The standard InChI is InChI=1S/C16H17FN2O/c1-2-4-15(20)13-7-8-19(10-13)11-14-6-3-5-12(9-18)16(14)17/h3,5-8,10,15,20H,2,4,11H2,1H3. The summed E-state index contributed by atoms with van der Waals surface area (Å²) in [6, 6.07) is 8.48. The third-order valence-electron chi connectivity index (χ3n) is 3.27. The fourth-order valence-corrected chi connectivity index (χ4v) is 2.18. The summed E-state index contributed by atoms with van der Waals surface area (Å²) in [6.45, 7) is 2.36. The zero-order valence-electron chi connectivity index (χ0n) is 11.4. The number of aromatic nitrogens is 1. The van der Waals surface area contributed by atoms with Crippen LogP contribution in [0.25, 0.3) is 0 Å². The Morgan fingerprint density at radius 1 is 1.40 bits per heavy atom. The summed E-state index contributed by atoms with van der Waals surface area (Å²) in [7, 11) is 0. The van der Waals surface area contributed by atoms with Crippen molar-refractivity contribution in [1.29, 1.82) is 5.26 Å². The molecular formula is C16H17FN2O. The first-order valence-corrected chi connectivity index (χ1v) is 6.67. The van der Waals surface area contributed by atoms with Crippen molar-refractivity contribution in [3.05, 3.63) is 59.2 Å². The molecule has 0 radical (unpaired) electrons. The number of aliphatic hydroxyl groups is 1. The molecule has 0 fully saturated rings. The van der Waals surface area contributed by atoms with Crippen LogP contribution in [-0.2, 0) is 6.54 Å². The van der Waals surface area contributed by atoms with E-state index in [9.17, 15) is 9.50 Å². The molecular weight excluding hydrogens is 255 g/mol. The van der Waals surface area contributed by atoms with Crippen LogP contribution in [0.4, 0.5) is 4.39 Å². The summed E-state index contributed by atoms with van der Waals surface area (Å²) in [5, 5.41) is 18.7. The Labute approximate surface area is 117 Å². The van der Waals surface area contributed by atoms with Crippen molar-refractivity contribution in [2.75, 3.05) is 0 Å². The van der Waals surface area contributed by atoms with Gasteiger partial charge in [0.15, 0.2) is 0 Å². The fraction of sp³-hybridized carbons (Fsp3) is 0.312. The molecule has 1 heterocycles. The van der Waals surface area contributed by atoms with E-state index < -0.39 is 11.9 Å². The highest BCUT2D eigenvalue weighted by Crippen LogP contribution is 2.20. The lowest BCUT2D eigenvalue weighted by molar-refractivity contribution is 0.166. The minimum Gasteiger partial charge on any atom is -0.388 e. The second kappa shape index (κ2) is 6.36. The molecule has 2 rings (SSSR count). The molecule has 0 saturated carbocycles. The lowest BCUT2D eigenvalue weighted by atomic mass is 10.1. The average molecular weight is 272 g/mol. The monoisotopic (exact) mass is 272 g/mol. The van der Waals surface area contributed by atoms with E-state index in [4.69, 9.17) is 5.26 Å². The van der Waals surface area contributed by atoms with Crippen molar-refractivity contribution in [3.63, 3.8) is 0 Å². The summed E-state index contributed by atoms with van der Waals surface area (Å²) in [4.78, 5) is 0. The van der Waals surface area contributed by atoms with E-state index >= 15 is 0 Å². The highest BCUT2D eigenvalue weighted by Gasteiger charge is 2.10. The number of halogens is 1. The Kier molecular flexibility index (Phi) is 4.54. The second-order valence-electron chi connectivity index (χ2n) is 4.81. The molecule has 3 nitrogen and oxygen atoms in total. The molecule has 1 N–H and O–H groups in total. The van der Waals surface area contributed by atoms with Gasteiger partial charge < -0.3 is 9.67 Å². The number of rotatable bonds is 5. The molecule has 0 saturated heterocycles. The predicted octanol–water partition coefficient (Wildman–Crippen LogP) is 3.38. The van der Waals surface area contributed by atoms with Crippen LogP contribution in [0.2, 0.25) is 0 Å². The zero-order valence-corrected chi connectivity index (χ0v) is 11.4. The molecule has 4 heteroatoms. The van der Waals surface area contributed by atoms with Gasteiger partial charge in [-0.15, -0.1) is 0 Å². The summed E-state index contributed by atoms with van der Waals surface area (Å²) in [5.41, 5.74) is 1.36. The van der Waals surface area contributed by atoms with E-state index in [2.05, 4.69) is 0 Å². The van der Waals surface area contributed by atoms with Gasteiger partial charge in [0.1, 0.15) is 11.9 Å². The number of aliphatic hydroxyl groups excluding tert-OH is 1. The molecule has 0 aliphatic heterocycles. The Morgan fingerprint density at radius 2 is 2.20 bits per heavy atom. The third kappa shape index (κ3) is 3.06. The van der Waals surface area contributed by atoms with E-state index in [1.807, 2.05) is 36.0 Å². The topological polar surface area (TPSA) is 49.0 Å². The molecule has 0 aliphatic carbocycles. The normalized spacial score (nSPS) is 12.1. The van der Waals surface area contributed by atoms with E-state index in [1.165, 1.54) is 6.07 Å². The molecule has 0 aliphatic rings. The minimum absolute atomic E-state index is 0.0564. The smallest absolute Gasteiger partial charge is 0.145 e. The fourth-order valence-electron chi connectivity index (χ4n) is 2.18. The van der Waals surface area contributed by atoms with Gasteiger partial charge in [0.05, 0.1) is 11.7 Å². The molecule has 0 bridgehead atoms. The second-order valence-corrected chi connectivity index (χ2v) is 4.81. The Hall–Kier alpha value is -2.12. The maximum absolute atomic E-state index is 14.0. The Bertz CT molecular complexity index is 628. The minimum atomic E-state index is -0.475. The zero-order chi connectivity index (χ0) is 14.5. The summed E-state index contributed by atoms with van der Waals surface area (Å²) >= 11 is 0. The van der Waals surface area contributed by atoms with Gasteiger partial charge in [-0.1, -0.05) is 25.5 Å².